The fourth-order valence-electron chi connectivity index (χ4n) is 2.37. The molecule has 0 spiro atoms. The van der Waals surface area contributed by atoms with Gasteiger partial charge in [0, 0.05) is 25.7 Å². The van der Waals surface area contributed by atoms with Gasteiger partial charge in [-0.3, -0.25) is 0 Å². The number of rotatable bonds is 5. The molecule has 2 unspecified atom stereocenters. The predicted octanol–water partition coefficient (Wildman–Crippen LogP) is 2.31. The maximum atomic E-state index is 5.60. The van der Waals surface area contributed by atoms with E-state index >= 15 is 0 Å². The molecule has 1 aliphatic rings. The van der Waals surface area contributed by atoms with Gasteiger partial charge >= 0.3 is 0 Å². The molecule has 1 aromatic rings. The Morgan fingerprint density at radius 1 is 1.53 bits per heavy atom. The van der Waals surface area contributed by atoms with Crippen LogP contribution in [0.2, 0.25) is 0 Å². The lowest BCUT2D eigenvalue weighted by molar-refractivity contribution is 0.0418. The molecule has 0 amide bonds. The molecule has 1 aromatic heterocycles. The van der Waals surface area contributed by atoms with E-state index in [2.05, 4.69) is 24.1 Å². The first-order chi connectivity index (χ1) is 8.33. The van der Waals surface area contributed by atoms with E-state index in [1.54, 1.807) is 6.39 Å². The van der Waals surface area contributed by atoms with Crippen LogP contribution in [0.5, 0.6) is 0 Å². The van der Waals surface area contributed by atoms with E-state index in [9.17, 15) is 0 Å². The summed E-state index contributed by atoms with van der Waals surface area (Å²) in [6, 6.07) is 0. The van der Waals surface area contributed by atoms with E-state index in [1.165, 1.54) is 0 Å². The Hall–Kier alpha value is -0.870. The van der Waals surface area contributed by atoms with Crippen molar-refractivity contribution in [2.45, 2.75) is 39.2 Å². The van der Waals surface area contributed by atoms with Crippen molar-refractivity contribution in [3.8, 4) is 0 Å². The van der Waals surface area contributed by atoms with Crippen molar-refractivity contribution in [2.75, 3.05) is 19.8 Å². The summed E-state index contributed by atoms with van der Waals surface area (Å²) < 4.78 is 11.1. The van der Waals surface area contributed by atoms with Crippen LogP contribution in [0.25, 0.3) is 0 Å². The van der Waals surface area contributed by atoms with Gasteiger partial charge in [0.25, 0.3) is 0 Å². The molecule has 0 radical (unpaired) electrons. The van der Waals surface area contributed by atoms with Crippen molar-refractivity contribution in [3.63, 3.8) is 0 Å². The highest BCUT2D eigenvalue weighted by atomic mass is 16.5. The third-order valence-electron chi connectivity index (χ3n) is 3.37. The van der Waals surface area contributed by atoms with Gasteiger partial charge < -0.3 is 14.5 Å². The first-order valence-corrected chi connectivity index (χ1v) is 6.53. The van der Waals surface area contributed by atoms with E-state index in [4.69, 9.17) is 9.15 Å². The van der Waals surface area contributed by atoms with E-state index in [0.717, 1.165) is 50.6 Å². The third kappa shape index (κ3) is 3.07. The van der Waals surface area contributed by atoms with Gasteiger partial charge in [0.1, 0.15) is 5.76 Å². The minimum Gasteiger partial charge on any atom is -0.448 e. The molecule has 4 nitrogen and oxygen atoms in total. The summed E-state index contributed by atoms with van der Waals surface area (Å²) in [6.45, 7) is 7.87. The fourth-order valence-corrected chi connectivity index (χ4v) is 2.37. The number of oxazole rings is 1. The monoisotopic (exact) mass is 238 g/mol. The number of aromatic nitrogens is 1. The summed E-state index contributed by atoms with van der Waals surface area (Å²) in [4.78, 5) is 4.33. The van der Waals surface area contributed by atoms with Crippen molar-refractivity contribution in [2.24, 2.45) is 5.92 Å². The minimum absolute atomic E-state index is 0.463. The summed E-state index contributed by atoms with van der Waals surface area (Å²) in [6.07, 6.45) is 3.75. The first kappa shape index (κ1) is 12.6. The smallest absolute Gasteiger partial charge is 0.181 e. The molecule has 0 saturated carbocycles. The molecule has 0 aliphatic carbocycles. The van der Waals surface area contributed by atoms with Crippen molar-refractivity contribution in [3.05, 3.63) is 17.8 Å². The average molecular weight is 238 g/mol. The second-order valence-electron chi connectivity index (χ2n) is 4.79. The predicted molar refractivity (Wildman–Crippen MR) is 65.8 cm³/mol. The largest absolute Gasteiger partial charge is 0.448 e. The summed E-state index contributed by atoms with van der Waals surface area (Å²) >= 11 is 0. The van der Waals surface area contributed by atoms with Crippen LogP contribution in [-0.4, -0.2) is 24.7 Å². The molecule has 1 saturated heterocycles. The number of hydrogen-bond acceptors (Lipinski definition) is 4. The molecule has 1 fully saturated rings. The third-order valence-corrected chi connectivity index (χ3v) is 3.37. The summed E-state index contributed by atoms with van der Waals surface area (Å²) in [7, 11) is 0. The van der Waals surface area contributed by atoms with Gasteiger partial charge in [0.05, 0.1) is 5.69 Å². The maximum absolute atomic E-state index is 5.60. The van der Waals surface area contributed by atoms with Crippen LogP contribution in [-0.2, 0) is 11.3 Å². The molecule has 1 N–H and O–H groups in total. The maximum Gasteiger partial charge on any atom is 0.181 e. The van der Waals surface area contributed by atoms with Gasteiger partial charge in [-0.25, -0.2) is 4.98 Å². The zero-order valence-corrected chi connectivity index (χ0v) is 10.7. The van der Waals surface area contributed by atoms with Gasteiger partial charge in [-0.15, -0.1) is 0 Å². The van der Waals surface area contributed by atoms with Crippen LogP contribution in [0.1, 0.15) is 44.1 Å². The molecule has 4 heteroatoms. The Balaban J connectivity index is 2.01. The summed E-state index contributed by atoms with van der Waals surface area (Å²) in [5.41, 5.74) is 1.07. The van der Waals surface area contributed by atoms with Crippen LogP contribution in [0, 0.1) is 5.92 Å². The highest BCUT2D eigenvalue weighted by molar-refractivity contribution is 5.14. The summed E-state index contributed by atoms with van der Waals surface area (Å²) in [5.74, 6) is 2.04. The number of nitrogens with zero attached hydrogens (tertiary/aromatic N) is 1. The Morgan fingerprint density at radius 2 is 2.41 bits per heavy atom. The lowest BCUT2D eigenvalue weighted by Crippen LogP contribution is -2.25. The molecule has 1 aliphatic heterocycles. The van der Waals surface area contributed by atoms with E-state index in [1.807, 2.05) is 0 Å². The number of nitrogens with one attached hydrogen (secondary N) is 1. The molecular weight excluding hydrogens is 216 g/mol. The van der Waals surface area contributed by atoms with Crippen molar-refractivity contribution in [1.82, 2.24) is 10.3 Å². The number of hydrogen-bond donors (Lipinski definition) is 1. The lowest BCUT2D eigenvalue weighted by Gasteiger charge is -2.27. The van der Waals surface area contributed by atoms with E-state index in [-0.39, 0.29) is 0 Å². The van der Waals surface area contributed by atoms with Gasteiger partial charge in [-0.05, 0) is 25.3 Å². The van der Waals surface area contributed by atoms with Gasteiger partial charge in [0.2, 0.25) is 0 Å². The lowest BCUT2D eigenvalue weighted by atomic mass is 9.87. The summed E-state index contributed by atoms with van der Waals surface area (Å²) in [5, 5.41) is 3.38. The Kier molecular flexibility index (Phi) is 4.57. The molecule has 2 atom stereocenters. The van der Waals surface area contributed by atoms with Crippen molar-refractivity contribution >= 4 is 0 Å². The number of ether oxygens (including phenoxy) is 1. The second-order valence-corrected chi connectivity index (χ2v) is 4.79. The zero-order chi connectivity index (χ0) is 12.1. The van der Waals surface area contributed by atoms with Gasteiger partial charge in [-0.2, -0.15) is 0 Å². The van der Waals surface area contributed by atoms with E-state index < -0.39 is 0 Å². The Morgan fingerprint density at radius 3 is 3.18 bits per heavy atom. The van der Waals surface area contributed by atoms with Gasteiger partial charge in [-0.1, -0.05) is 13.8 Å². The zero-order valence-electron chi connectivity index (χ0n) is 10.7. The van der Waals surface area contributed by atoms with Crippen LogP contribution in [0.4, 0.5) is 0 Å². The normalized spacial score (nSPS) is 25.1. The molecular formula is C13H22N2O2. The minimum atomic E-state index is 0.463. The average Bonchev–Trinajstić information content (AvgIpc) is 2.78. The second kappa shape index (κ2) is 6.17. The molecule has 96 valence electrons. The van der Waals surface area contributed by atoms with Crippen LogP contribution < -0.4 is 5.32 Å². The molecule has 17 heavy (non-hydrogen) atoms. The quantitative estimate of drug-likeness (QED) is 0.800. The Labute approximate surface area is 103 Å². The first-order valence-electron chi connectivity index (χ1n) is 6.53. The molecule has 0 bridgehead atoms. The highest BCUT2D eigenvalue weighted by Crippen LogP contribution is 2.33. The highest BCUT2D eigenvalue weighted by Gasteiger charge is 2.28. The Bertz CT molecular complexity index is 338. The molecule has 2 heterocycles. The molecule has 2 rings (SSSR count). The standard InChI is InChI=1S/C13H22N2O2/c1-3-5-14-7-12-13(17-9-15-12)11-4-6-16-8-10(11)2/h9-11,14H,3-8H2,1-2H3. The van der Waals surface area contributed by atoms with Crippen molar-refractivity contribution < 1.29 is 9.15 Å². The molecule has 0 aromatic carbocycles. The van der Waals surface area contributed by atoms with Crippen LogP contribution >= 0.6 is 0 Å². The topological polar surface area (TPSA) is 47.3 Å². The van der Waals surface area contributed by atoms with Gasteiger partial charge in [0.15, 0.2) is 6.39 Å². The van der Waals surface area contributed by atoms with Crippen molar-refractivity contribution in [1.29, 1.82) is 0 Å². The SMILES string of the molecule is CCCNCc1ncoc1C1CCOCC1C. The van der Waals surface area contributed by atoms with Crippen LogP contribution in [0.15, 0.2) is 10.8 Å². The fraction of sp³-hybridized carbons (Fsp3) is 0.769. The van der Waals surface area contributed by atoms with Crippen LogP contribution in [0.3, 0.4) is 0 Å². The van der Waals surface area contributed by atoms with E-state index in [0.29, 0.717) is 11.8 Å².